The number of amides is 1. The number of fused-ring (bicyclic) bond motifs is 1. The lowest BCUT2D eigenvalue weighted by molar-refractivity contribution is -0.134. The van der Waals surface area contributed by atoms with E-state index in [1.165, 1.54) is 6.42 Å². The molecule has 1 unspecified atom stereocenters. The minimum Gasteiger partial charge on any atom is -0.357 e. The van der Waals surface area contributed by atoms with Crippen molar-refractivity contribution in [3.05, 3.63) is 35.4 Å². The average molecular weight is 301 g/mol. The first kappa shape index (κ1) is 14.9. The van der Waals surface area contributed by atoms with Crippen molar-refractivity contribution in [1.29, 1.82) is 0 Å². The van der Waals surface area contributed by atoms with Crippen LogP contribution < -0.4 is 0 Å². The summed E-state index contributed by atoms with van der Waals surface area (Å²) >= 11 is 0. The molecular weight excluding hydrogens is 278 g/mol. The minimum absolute atomic E-state index is 0.0101. The molecule has 3 aliphatic heterocycles. The van der Waals surface area contributed by atoms with Crippen molar-refractivity contribution in [2.24, 2.45) is 0 Å². The molecule has 0 bridgehead atoms. The summed E-state index contributed by atoms with van der Waals surface area (Å²) in [5.74, 6) is 0.916. The van der Waals surface area contributed by atoms with E-state index in [4.69, 9.17) is 0 Å². The van der Waals surface area contributed by atoms with Gasteiger partial charge in [-0.3, -0.25) is 14.5 Å². The summed E-state index contributed by atoms with van der Waals surface area (Å²) in [4.78, 5) is 30.5. The number of likely N-dealkylation sites (N-methyl/N-ethyl adjacent to an activating group) is 1. The third-order valence-electron chi connectivity index (χ3n) is 4.59. The summed E-state index contributed by atoms with van der Waals surface area (Å²) in [6.07, 6.45) is 9.30. The number of hydrogen-bond acceptors (Lipinski definition) is 4. The van der Waals surface area contributed by atoms with E-state index in [-0.39, 0.29) is 11.7 Å². The normalized spacial score (nSPS) is 25.4. The maximum atomic E-state index is 12.8. The van der Waals surface area contributed by atoms with Crippen molar-refractivity contribution in [2.75, 3.05) is 20.1 Å². The van der Waals surface area contributed by atoms with E-state index < -0.39 is 6.04 Å². The second-order valence-electron chi connectivity index (χ2n) is 6.28. The molecule has 0 spiro atoms. The topological polar surface area (TPSA) is 43.9 Å². The second kappa shape index (κ2) is 5.63. The molecule has 0 aromatic heterocycles. The highest BCUT2D eigenvalue weighted by Crippen LogP contribution is 2.30. The number of hydrogen-bond donors (Lipinski definition) is 0. The van der Waals surface area contributed by atoms with Crippen molar-refractivity contribution < 1.29 is 9.59 Å². The molecule has 0 aliphatic carbocycles. The Kier molecular flexibility index (Phi) is 3.81. The standard InChI is InChI=1S/C17H23N3O2/c1-12-9-14(13(2)21)20-11-16(19-7-5-4-6-8-19)18(3)17(22)15(20)10-12/h9-11,15H,4-8H2,1-3H3. The fraction of sp³-hybridized carbons (Fsp3) is 0.529. The van der Waals surface area contributed by atoms with Crippen LogP contribution in [0.1, 0.15) is 33.1 Å². The first-order valence-corrected chi connectivity index (χ1v) is 7.93. The number of nitrogens with zero attached hydrogens (tertiary/aromatic N) is 3. The Morgan fingerprint density at radius 3 is 2.55 bits per heavy atom. The average Bonchev–Trinajstić information content (AvgIpc) is 2.51. The molecule has 118 valence electrons. The molecule has 1 saturated heterocycles. The molecule has 0 aromatic carbocycles. The van der Waals surface area contributed by atoms with E-state index in [9.17, 15) is 9.59 Å². The van der Waals surface area contributed by atoms with Gasteiger partial charge in [0.2, 0.25) is 0 Å². The van der Waals surface area contributed by atoms with Gasteiger partial charge in [-0.25, -0.2) is 0 Å². The summed E-state index contributed by atoms with van der Waals surface area (Å²) in [5.41, 5.74) is 1.56. The van der Waals surface area contributed by atoms with Crippen molar-refractivity contribution in [3.8, 4) is 0 Å². The predicted octanol–water partition coefficient (Wildman–Crippen LogP) is 1.85. The van der Waals surface area contributed by atoms with Crippen molar-refractivity contribution in [2.45, 2.75) is 39.2 Å². The van der Waals surface area contributed by atoms with Gasteiger partial charge >= 0.3 is 0 Å². The van der Waals surface area contributed by atoms with E-state index >= 15 is 0 Å². The van der Waals surface area contributed by atoms with Crippen molar-refractivity contribution >= 4 is 11.7 Å². The number of carbonyl (C=O) groups is 2. The van der Waals surface area contributed by atoms with Crippen LogP contribution in [-0.2, 0) is 9.59 Å². The third-order valence-corrected chi connectivity index (χ3v) is 4.59. The number of rotatable bonds is 2. The van der Waals surface area contributed by atoms with Crippen LogP contribution in [0.3, 0.4) is 0 Å². The monoisotopic (exact) mass is 301 g/mol. The van der Waals surface area contributed by atoms with Crippen LogP contribution in [0.4, 0.5) is 0 Å². The molecule has 0 aromatic rings. The Bertz CT molecular complexity index is 597. The number of ketones is 1. The lowest BCUT2D eigenvalue weighted by Gasteiger charge is -2.44. The Morgan fingerprint density at radius 2 is 1.91 bits per heavy atom. The van der Waals surface area contributed by atoms with E-state index in [0.717, 1.165) is 37.3 Å². The third kappa shape index (κ3) is 2.45. The summed E-state index contributed by atoms with van der Waals surface area (Å²) in [6, 6.07) is -0.401. The van der Waals surface area contributed by atoms with E-state index in [2.05, 4.69) is 4.90 Å². The van der Waals surface area contributed by atoms with Gasteiger partial charge in [0, 0.05) is 33.3 Å². The number of carbonyl (C=O) groups excluding carboxylic acids is 2. The number of Topliss-reactive ketones (excluding diaryl/α,β-unsaturated/α-hetero) is 1. The molecule has 5 nitrogen and oxygen atoms in total. The van der Waals surface area contributed by atoms with Gasteiger partial charge in [-0.1, -0.05) is 5.57 Å². The maximum absolute atomic E-state index is 12.8. The van der Waals surface area contributed by atoms with E-state index in [1.54, 1.807) is 11.8 Å². The van der Waals surface area contributed by atoms with E-state index in [0.29, 0.717) is 5.70 Å². The van der Waals surface area contributed by atoms with Gasteiger partial charge in [0.05, 0.1) is 5.70 Å². The Morgan fingerprint density at radius 1 is 1.23 bits per heavy atom. The lowest BCUT2D eigenvalue weighted by atomic mass is 10.0. The molecule has 0 saturated carbocycles. The molecule has 1 fully saturated rings. The smallest absolute Gasteiger partial charge is 0.254 e. The second-order valence-corrected chi connectivity index (χ2v) is 6.28. The molecule has 1 amide bonds. The van der Waals surface area contributed by atoms with Gasteiger partial charge < -0.3 is 9.80 Å². The highest BCUT2D eigenvalue weighted by Gasteiger charge is 2.38. The van der Waals surface area contributed by atoms with Crippen LogP contribution in [0.15, 0.2) is 35.4 Å². The number of allylic oxidation sites excluding steroid dienone is 3. The fourth-order valence-electron chi connectivity index (χ4n) is 3.38. The molecule has 22 heavy (non-hydrogen) atoms. The fourth-order valence-corrected chi connectivity index (χ4v) is 3.38. The van der Waals surface area contributed by atoms with Crippen LogP contribution in [-0.4, -0.2) is 52.6 Å². The molecular formula is C17H23N3O2. The van der Waals surface area contributed by atoms with Crippen LogP contribution in [0.2, 0.25) is 0 Å². The summed E-state index contributed by atoms with van der Waals surface area (Å²) in [6.45, 7) is 5.42. The number of likely N-dealkylation sites (tertiary alicyclic amines) is 1. The zero-order chi connectivity index (χ0) is 15.9. The molecule has 3 aliphatic rings. The quantitative estimate of drug-likeness (QED) is 0.781. The lowest BCUT2D eigenvalue weighted by Crippen LogP contribution is -2.53. The van der Waals surface area contributed by atoms with Gasteiger partial charge in [0.1, 0.15) is 11.9 Å². The molecule has 0 N–H and O–H groups in total. The van der Waals surface area contributed by atoms with Crippen molar-refractivity contribution in [1.82, 2.24) is 14.7 Å². The first-order chi connectivity index (χ1) is 10.5. The van der Waals surface area contributed by atoms with Crippen LogP contribution in [0.25, 0.3) is 0 Å². The number of piperidine rings is 1. The molecule has 1 atom stereocenters. The Labute approximate surface area is 131 Å². The molecule has 5 heteroatoms. The van der Waals surface area contributed by atoms with Gasteiger partial charge in [0.15, 0.2) is 5.78 Å². The Balaban J connectivity index is 2.00. The molecule has 3 rings (SSSR count). The zero-order valence-corrected chi connectivity index (χ0v) is 13.5. The minimum atomic E-state index is -0.401. The summed E-state index contributed by atoms with van der Waals surface area (Å²) in [7, 11) is 1.83. The predicted molar refractivity (Wildman–Crippen MR) is 84.4 cm³/mol. The van der Waals surface area contributed by atoms with Crippen molar-refractivity contribution in [3.63, 3.8) is 0 Å². The van der Waals surface area contributed by atoms with Gasteiger partial charge in [-0.15, -0.1) is 0 Å². The SMILES string of the molecule is CC(=O)C1=CC(C)=CC2C(=O)N(C)C(N3CCCCC3)=CN12. The van der Waals surface area contributed by atoms with Crippen LogP contribution in [0.5, 0.6) is 0 Å². The van der Waals surface area contributed by atoms with Gasteiger partial charge in [0.25, 0.3) is 5.91 Å². The van der Waals surface area contributed by atoms with Crippen LogP contribution in [0, 0.1) is 0 Å². The zero-order valence-electron chi connectivity index (χ0n) is 13.5. The molecule has 3 heterocycles. The summed E-state index contributed by atoms with van der Waals surface area (Å²) < 4.78 is 0. The first-order valence-electron chi connectivity index (χ1n) is 7.93. The van der Waals surface area contributed by atoms with Gasteiger partial charge in [-0.05, 0) is 38.3 Å². The largest absolute Gasteiger partial charge is 0.357 e. The highest BCUT2D eigenvalue weighted by molar-refractivity contribution is 5.96. The van der Waals surface area contributed by atoms with Crippen LogP contribution >= 0.6 is 0 Å². The summed E-state index contributed by atoms with van der Waals surface area (Å²) in [5, 5.41) is 0. The maximum Gasteiger partial charge on any atom is 0.254 e. The van der Waals surface area contributed by atoms with Gasteiger partial charge in [-0.2, -0.15) is 0 Å². The van der Waals surface area contributed by atoms with E-state index in [1.807, 2.05) is 37.2 Å². The Hall–Kier alpha value is -2.04. The molecule has 0 radical (unpaired) electrons. The highest BCUT2D eigenvalue weighted by atomic mass is 16.2.